The maximum Gasteiger partial charge on any atom is 0.123 e. The third-order valence-corrected chi connectivity index (χ3v) is 6.32. The van der Waals surface area contributed by atoms with E-state index in [2.05, 4.69) is 9.97 Å². The first-order valence-corrected chi connectivity index (χ1v) is 10.4. The summed E-state index contributed by atoms with van der Waals surface area (Å²) in [6.45, 7) is 0.568. The second-order valence-corrected chi connectivity index (χ2v) is 8.02. The number of thiophene rings is 1. The predicted molar refractivity (Wildman–Crippen MR) is 112 cm³/mol. The van der Waals surface area contributed by atoms with Gasteiger partial charge in [-0.25, -0.2) is 14.4 Å². The number of thioether (sulfide) groups is 1. The fourth-order valence-corrected chi connectivity index (χ4v) is 4.68. The Bertz CT molecular complexity index is 1070. The van der Waals surface area contributed by atoms with Crippen LogP contribution in [0.15, 0.2) is 66.0 Å². The van der Waals surface area contributed by atoms with Crippen LogP contribution in [-0.2, 0) is 0 Å². The lowest BCUT2D eigenvalue weighted by atomic mass is 10.2. The number of methoxy groups -OCH3 is 1. The first kappa shape index (κ1) is 18.7. The van der Waals surface area contributed by atoms with Gasteiger partial charge in [-0.05, 0) is 48.0 Å². The Morgan fingerprint density at radius 1 is 1.00 bits per heavy atom. The molecule has 2 aromatic carbocycles. The zero-order valence-electron chi connectivity index (χ0n) is 15.1. The zero-order valence-corrected chi connectivity index (χ0v) is 16.7. The first-order valence-electron chi connectivity index (χ1n) is 8.63. The highest BCUT2D eigenvalue weighted by Crippen LogP contribution is 2.36. The molecule has 0 fully saturated rings. The Hall–Kier alpha value is -2.64. The van der Waals surface area contributed by atoms with Crippen molar-refractivity contribution in [2.75, 3.05) is 19.5 Å². The van der Waals surface area contributed by atoms with Crippen LogP contribution in [0.3, 0.4) is 0 Å². The predicted octanol–water partition coefficient (Wildman–Crippen LogP) is 5.68. The standard InChI is InChI=1S/C21H17FN2O2S2/c1-25-16-6-8-17(9-7-16)26-10-11-27-21-20-18(23-13-24-21)12-19(28-20)14-2-4-15(22)5-3-14/h2-9,12-13H,10-11H2,1H3. The van der Waals surface area contributed by atoms with Gasteiger partial charge in [0, 0.05) is 10.6 Å². The van der Waals surface area contributed by atoms with Gasteiger partial charge in [-0.2, -0.15) is 0 Å². The van der Waals surface area contributed by atoms with Crippen LogP contribution >= 0.6 is 23.1 Å². The third kappa shape index (κ3) is 4.26. The monoisotopic (exact) mass is 412 g/mol. The lowest BCUT2D eigenvalue weighted by Crippen LogP contribution is -2.00. The summed E-state index contributed by atoms with van der Waals surface area (Å²) >= 11 is 3.26. The molecular weight excluding hydrogens is 395 g/mol. The molecule has 4 aromatic rings. The number of fused-ring (bicyclic) bond motifs is 1. The van der Waals surface area contributed by atoms with Gasteiger partial charge < -0.3 is 9.47 Å². The van der Waals surface area contributed by atoms with Crippen LogP contribution in [0.5, 0.6) is 11.5 Å². The van der Waals surface area contributed by atoms with Crippen molar-refractivity contribution in [2.24, 2.45) is 0 Å². The largest absolute Gasteiger partial charge is 0.497 e. The van der Waals surface area contributed by atoms with Gasteiger partial charge in [-0.15, -0.1) is 23.1 Å². The Morgan fingerprint density at radius 2 is 1.75 bits per heavy atom. The van der Waals surface area contributed by atoms with Gasteiger partial charge in [0.2, 0.25) is 0 Å². The maximum absolute atomic E-state index is 13.2. The highest BCUT2D eigenvalue weighted by Gasteiger charge is 2.11. The third-order valence-electron chi connectivity index (χ3n) is 4.06. The molecule has 4 nitrogen and oxygen atoms in total. The van der Waals surface area contributed by atoms with Crippen LogP contribution in [0, 0.1) is 5.82 Å². The van der Waals surface area contributed by atoms with Crippen molar-refractivity contribution in [3.05, 3.63) is 66.7 Å². The van der Waals surface area contributed by atoms with Crippen molar-refractivity contribution in [1.82, 2.24) is 9.97 Å². The number of halogens is 1. The van der Waals surface area contributed by atoms with Crippen LogP contribution in [0.25, 0.3) is 20.7 Å². The number of benzene rings is 2. The Balaban J connectivity index is 1.42. The van der Waals surface area contributed by atoms with E-state index in [9.17, 15) is 4.39 Å². The van der Waals surface area contributed by atoms with E-state index in [0.717, 1.165) is 42.9 Å². The van der Waals surface area contributed by atoms with E-state index in [1.54, 1.807) is 48.7 Å². The maximum atomic E-state index is 13.2. The molecule has 0 spiro atoms. The van der Waals surface area contributed by atoms with Gasteiger partial charge in [-0.3, -0.25) is 0 Å². The smallest absolute Gasteiger partial charge is 0.123 e. The van der Waals surface area contributed by atoms with Gasteiger partial charge in [0.1, 0.15) is 28.7 Å². The lowest BCUT2D eigenvalue weighted by Gasteiger charge is -2.07. The molecule has 4 rings (SSSR count). The van der Waals surface area contributed by atoms with Crippen molar-refractivity contribution in [3.8, 4) is 21.9 Å². The fourth-order valence-electron chi connectivity index (χ4n) is 2.66. The number of nitrogens with zero attached hydrogens (tertiary/aromatic N) is 2. The first-order chi connectivity index (χ1) is 13.7. The highest BCUT2D eigenvalue weighted by molar-refractivity contribution is 7.99. The summed E-state index contributed by atoms with van der Waals surface area (Å²) in [5.74, 6) is 2.14. The fraction of sp³-hybridized carbons (Fsp3) is 0.143. The minimum atomic E-state index is -0.238. The van der Waals surface area contributed by atoms with Gasteiger partial charge in [0.05, 0.1) is 23.9 Å². The SMILES string of the molecule is COc1ccc(OCCSc2ncnc3cc(-c4ccc(F)cc4)sc23)cc1. The average Bonchev–Trinajstić information content (AvgIpc) is 3.17. The quantitative estimate of drug-likeness (QED) is 0.222. The molecule has 0 amide bonds. The van der Waals surface area contributed by atoms with E-state index in [-0.39, 0.29) is 5.82 Å². The van der Waals surface area contributed by atoms with Crippen molar-refractivity contribution in [1.29, 1.82) is 0 Å². The lowest BCUT2D eigenvalue weighted by molar-refractivity contribution is 0.342. The highest BCUT2D eigenvalue weighted by atomic mass is 32.2. The van der Waals surface area contributed by atoms with E-state index in [0.29, 0.717) is 6.61 Å². The summed E-state index contributed by atoms with van der Waals surface area (Å²) in [6.07, 6.45) is 1.58. The number of rotatable bonds is 7. The van der Waals surface area contributed by atoms with Crippen molar-refractivity contribution >= 4 is 33.3 Å². The minimum Gasteiger partial charge on any atom is -0.497 e. The molecule has 142 valence electrons. The van der Waals surface area contributed by atoms with Crippen LogP contribution in [-0.4, -0.2) is 29.4 Å². The van der Waals surface area contributed by atoms with E-state index >= 15 is 0 Å². The average molecular weight is 413 g/mol. The van der Waals surface area contributed by atoms with Crippen LogP contribution in [0.2, 0.25) is 0 Å². The van der Waals surface area contributed by atoms with E-state index in [1.165, 1.54) is 12.1 Å². The molecule has 0 aliphatic heterocycles. The summed E-state index contributed by atoms with van der Waals surface area (Å²) in [7, 11) is 1.64. The van der Waals surface area contributed by atoms with Gasteiger partial charge >= 0.3 is 0 Å². The molecule has 2 heterocycles. The van der Waals surface area contributed by atoms with Crippen LogP contribution < -0.4 is 9.47 Å². The molecule has 7 heteroatoms. The number of ether oxygens (including phenoxy) is 2. The van der Waals surface area contributed by atoms with Gasteiger partial charge in [0.25, 0.3) is 0 Å². The van der Waals surface area contributed by atoms with Crippen LogP contribution in [0.4, 0.5) is 4.39 Å². The zero-order chi connectivity index (χ0) is 19.3. The molecular formula is C21H17FN2O2S2. The minimum absolute atomic E-state index is 0.238. The molecule has 0 unspecified atom stereocenters. The second kappa shape index (κ2) is 8.58. The van der Waals surface area contributed by atoms with Crippen molar-refractivity contribution < 1.29 is 13.9 Å². The molecule has 28 heavy (non-hydrogen) atoms. The van der Waals surface area contributed by atoms with Crippen molar-refractivity contribution in [3.63, 3.8) is 0 Å². The molecule has 0 radical (unpaired) electrons. The molecule has 0 saturated heterocycles. The molecule has 0 saturated carbocycles. The molecule has 0 atom stereocenters. The van der Waals surface area contributed by atoms with Gasteiger partial charge in [-0.1, -0.05) is 12.1 Å². The van der Waals surface area contributed by atoms with E-state index < -0.39 is 0 Å². The van der Waals surface area contributed by atoms with Crippen LogP contribution in [0.1, 0.15) is 0 Å². The van der Waals surface area contributed by atoms with E-state index in [4.69, 9.17) is 9.47 Å². The molecule has 2 aromatic heterocycles. The van der Waals surface area contributed by atoms with Crippen molar-refractivity contribution in [2.45, 2.75) is 5.03 Å². The summed E-state index contributed by atoms with van der Waals surface area (Å²) in [4.78, 5) is 9.84. The number of hydrogen-bond acceptors (Lipinski definition) is 6. The topological polar surface area (TPSA) is 44.2 Å². The summed E-state index contributed by atoms with van der Waals surface area (Å²) in [5.41, 5.74) is 1.88. The Kier molecular flexibility index (Phi) is 5.73. The number of hydrogen-bond donors (Lipinski definition) is 0. The Morgan fingerprint density at radius 3 is 2.50 bits per heavy atom. The summed E-state index contributed by atoms with van der Waals surface area (Å²) in [5, 5.41) is 0.932. The summed E-state index contributed by atoms with van der Waals surface area (Å²) in [6, 6.07) is 16.0. The van der Waals surface area contributed by atoms with E-state index in [1.807, 2.05) is 30.3 Å². The molecule has 0 N–H and O–H groups in total. The molecule has 0 bridgehead atoms. The normalized spacial score (nSPS) is 10.9. The summed E-state index contributed by atoms with van der Waals surface area (Å²) < 4.78 is 25.1. The second-order valence-electron chi connectivity index (χ2n) is 5.88. The molecule has 0 aliphatic rings. The molecule has 0 aliphatic carbocycles. The number of aromatic nitrogens is 2. The Labute approximate surface area is 170 Å². The van der Waals surface area contributed by atoms with Gasteiger partial charge in [0.15, 0.2) is 0 Å².